The van der Waals surface area contributed by atoms with Crippen LogP contribution in [0.25, 0.3) is 0 Å². The second-order valence-corrected chi connectivity index (χ2v) is 4.40. The highest BCUT2D eigenvalue weighted by Gasteiger charge is 2.32. The maximum atomic E-state index is 10.9. The molecule has 2 unspecified atom stereocenters. The van der Waals surface area contributed by atoms with Crippen LogP contribution >= 0.6 is 0 Å². The highest BCUT2D eigenvalue weighted by Crippen LogP contribution is 2.36. The van der Waals surface area contributed by atoms with Gasteiger partial charge in [0.05, 0.1) is 11.5 Å². The predicted octanol–water partition coefficient (Wildman–Crippen LogP) is 1.98. The van der Waals surface area contributed by atoms with Gasteiger partial charge < -0.3 is 4.74 Å². The quantitative estimate of drug-likeness (QED) is 0.448. The third-order valence-corrected chi connectivity index (χ3v) is 2.95. The van der Waals surface area contributed by atoms with Crippen molar-refractivity contribution in [1.82, 2.24) is 9.78 Å². The zero-order valence-corrected chi connectivity index (χ0v) is 10.1. The van der Waals surface area contributed by atoms with E-state index in [2.05, 4.69) is 11.2 Å². The van der Waals surface area contributed by atoms with Crippen molar-refractivity contribution in [2.24, 2.45) is 13.0 Å². The van der Waals surface area contributed by atoms with Crippen LogP contribution in [0, 0.1) is 16.0 Å². The number of nitrogens with zero attached hydrogens (tertiary/aromatic N) is 3. The third-order valence-electron chi connectivity index (χ3n) is 2.95. The average molecular weight is 237 g/mol. The molecule has 0 aromatic carbocycles. The van der Waals surface area contributed by atoms with Crippen molar-refractivity contribution in [2.45, 2.75) is 20.0 Å². The van der Waals surface area contributed by atoms with Crippen LogP contribution < -0.4 is 0 Å². The normalized spacial score (nSPS) is 24.5. The van der Waals surface area contributed by atoms with Crippen LogP contribution in [-0.2, 0) is 11.8 Å². The van der Waals surface area contributed by atoms with E-state index < -0.39 is 4.92 Å². The van der Waals surface area contributed by atoms with E-state index in [1.54, 1.807) is 7.05 Å². The summed E-state index contributed by atoms with van der Waals surface area (Å²) in [5.74, 6) is 0.109. The van der Waals surface area contributed by atoms with Crippen LogP contribution in [0.1, 0.15) is 25.6 Å². The molecule has 1 aliphatic heterocycles. The Hall–Kier alpha value is -1.69. The van der Waals surface area contributed by atoms with Crippen LogP contribution in [0.15, 0.2) is 17.8 Å². The first-order valence-electron chi connectivity index (χ1n) is 5.46. The summed E-state index contributed by atoms with van der Waals surface area (Å²) in [6.07, 6.45) is 3.06. The zero-order chi connectivity index (χ0) is 12.6. The molecular formula is C11H15N3O3. The number of hydrogen-bond acceptors (Lipinski definition) is 4. The van der Waals surface area contributed by atoms with Crippen molar-refractivity contribution in [3.8, 4) is 0 Å². The lowest BCUT2D eigenvalue weighted by Crippen LogP contribution is -2.21. The van der Waals surface area contributed by atoms with Crippen molar-refractivity contribution in [3.63, 3.8) is 0 Å². The van der Waals surface area contributed by atoms with Gasteiger partial charge in [-0.3, -0.25) is 14.8 Å². The van der Waals surface area contributed by atoms with Crippen molar-refractivity contribution in [3.05, 3.63) is 33.7 Å². The number of ether oxygens (including phenoxy) is 1. The predicted molar refractivity (Wildman–Crippen MR) is 61.5 cm³/mol. The highest BCUT2D eigenvalue weighted by atomic mass is 16.6. The first-order valence-corrected chi connectivity index (χ1v) is 5.46. The Balaban J connectivity index is 2.41. The molecule has 0 radical (unpaired) electrons. The molecule has 2 heterocycles. The number of nitro groups is 1. The molecule has 92 valence electrons. The van der Waals surface area contributed by atoms with E-state index in [-0.39, 0.29) is 17.7 Å². The van der Waals surface area contributed by atoms with Gasteiger partial charge in [0.2, 0.25) is 0 Å². The Morgan fingerprint density at radius 2 is 2.35 bits per heavy atom. The van der Waals surface area contributed by atoms with Crippen LogP contribution in [0.3, 0.4) is 0 Å². The van der Waals surface area contributed by atoms with Gasteiger partial charge in [-0.25, -0.2) is 0 Å². The van der Waals surface area contributed by atoms with Gasteiger partial charge >= 0.3 is 5.69 Å². The lowest BCUT2D eigenvalue weighted by molar-refractivity contribution is -0.386. The Kier molecular flexibility index (Phi) is 2.97. The Morgan fingerprint density at radius 1 is 1.65 bits per heavy atom. The molecule has 0 N–H and O–H groups in total. The fourth-order valence-electron chi connectivity index (χ4n) is 2.19. The molecule has 2 rings (SSSR count). The number of rotatable bonds is 2. The molecule has 0 saturated heterocycles. The van der Waals surface area contributed by atoms with Crippen LogP contribution in [-0.4, -0.2) is 21.3 Å². The second-order valence-electron chi connectivity index (χ2n) is 4.40. The van der Waals surface area contributed by atoms with Gasteiger partial charge in [0.1, 0.15) is 18.0 Å². The smallest absolute Gasteiger partial charge is 0.312 e. The number of hydrogen-bond donors (Lipinski definition) is 0. The molecule has 0 saturated carbocycles. The van der Waals surface area contributed by atoms with Gasteiger partial charge in [-0.05, 0) is 6.92 Å². The summed E-state index contributed by atoms with van der Waals surface area (Å²) in [5.41, 5.74) is 1.71. The summed E-state index contributed by atoms with van der Waals surface area (Å²) >= 11 is 0. The number of aromatic nitrogens is 2. The standard InChI is InChI=1S/C11H15N3O3/c1-7-4-8(2)11(17-6-7)10-9(14(15)16)5-12-13(10)3/h4-5,8,11H,6H2,1-3H3. The molecular weight excluding hydrogens is 222 g/mol. The summed E-state index contributed by atoms with van der Waals surface area (Å²) < 4.78 is 7.21. The van der Waals surface area contributed by atoms with Gasteiger partial charge in [0, 0.05) is 13.0 Å². The van der Waals surface area contributed by atoms with E-state index in [0.29, 0.717) is 12.3 Å². The van der Waals surface area contributed by atoms with E-state index in [9.17, 15) is 10.1 Å². The van der Waals surface area contributed by atoms with Gasteiger partial charge in [0.25, 0.3) is 0 Å². The lowest BCUT2D eigenvalue weighted by atomic mass is 9.96. The summed E-state index contributed by atoms with van der Waals surface area (Å²) in [7, 11) is 1.70. The van der Waals surface area contributed by atoms with E-state index in [1.165, 1.54) is 10.9 Å². The largest absolute Gasteiger partial charge is 0.367 e. The van der Waals surface area contributed by atoms with E-state index in [1.807, 2.05) is 13.8 Å². The summed E-state index contributed by atoms with van der Waals surface area (Å²) in [6.45, 7) is 4.49. The maximum absolute atomic E-state index is 10.9. The molecule has 17 heavy (non-hydrogen) atoms. The molecule has 0 spiro atoms. The Bertz CT molecular complexity index is 478. The summed E-state index contributed by atoms with van der Waals surface area (Å²) in [4.78, 5) is 10.5. The van der Waals surface area contributed by atoms with Crippen LogP contribution in [0.4, 0.5) is 5.69 Å². The van der Waals surface area contributed by atoms with E-state index in [4.69, 9.17) is 4.74 Å². The highest BCUT2D eigenvalue weighted by molar-refractivity contribution is 5.36. The maximum Gasteiger partial charge on any atom is 0.312 e. The van der Waals surface area contributed by atoms with Crippen LogP contribution in [0.2, 0.25) is 0 Å². The molecule has 0 bridgehead atoms. The lowest BCUT2D eigenvalue weighted by Gasteiger charge is -2.26. The minimum atomic E-state index is -0.413. The van der Waals surface area contributed by atoms with E-state index in [0.717, 1.165) is 5.57 Å². The molecule has 6 nitrogen and oxygen atoms in total. The average Bonchev–Trinajstić information content (AvgIpc) is 2.60. The van der Waals surface area contributed by atoms with E-state index >= 15 is 0 Å². The minimum absolute atomic E-state index is 0.0253. The van der Waals surface area contributed by atoms with Crippen LogP contribution in [0.5, 0.6) is 0 Å². The van der Waals surface area contributed by atoms with Crippen molar-refractivity contribution >= 4 is 5.69 Å². The Labute approximate surface area is 99.0 Å². The second kappa shape index (κ2) is 4.29. The summed E-state index contributed by atoms with van der Waals surface area (Å²) in [5, 5.41) is 14.9. The molecule has 1 aromatic heterocycles. The van der Waals surface area contributed by atoms with Gasteiger partial charge in [-0.1, -0.05) is 18.6 Å². The zero-order valence-electron chi connectivity index (χ0n) is 10.1. The summed E-state index contributed by atoms with van der Waals surface area (Å²) in [6, 6.07) is 0. The molecule has 6 heteroatoms. The number of aryl methyl sites for hydroxylation is 1. The SMILES string of the molecule is CC1=CC(C)C(c2c([N+](=O)[O-])cnn2C)OC1. The molecule has 0 fully saturated rings. The fraction of sp³-hybridized carbons (Fsp3) is 0.545. The van der Waals surface area contributed by atoms with Crippen molar-refractivity contribution in [1.29, 1.82) is 0 Å². The molecule has 0 aliphatic carbocycles. The van der Waals surface area contributed by atoms with Gasteiger partial charge in [-0.2, -0.15) is 5.10 Å². The minimum Gasteiger partial charge on any atom is -0.367 e. The van der Waals surface area contributed by atoms with Gasteiger partial charge in [-0.15, -0.1) is 0 Å². The van der Waals surface area contributed by atoms with Crippen molar-refractivity contribution in [2.75, 3.05) is 6.61 Å². The Morgan fingerprint density at radius 3 is 2.94 bits per heavy atom. The fourth-order valence-corrected chi connectivity index (χ4v) is 2.19. The topological polar surface area (TPSA) is 70.2 Å². The van der Waals surface area contributed by atoms with Crippen molar-refractivity contribution < 1.29 is 9.66 Å². The molecule has 1 aromatic rings. The molecule has 1 aliphatic rings. The molecule has 0 amide bonds. The first kappa shape index (κ1) is 11.8. The monoisotopic (exact) mass is 237 g/mol. The third kappa shape index (κ3) is 2.08. The first-order chi connectivity index (χ1) is 8.00. The molecule has 2 atom stereocenters. The van der Waals surface area contributed by atoms with Gasteiger partial charge in [0.15, 0.2) is 0 Å².